The second-order valence-corrected chi connectivity index (χ2v) is 6.59. The number of nitrogens with two attached hydrogens (primary N) is 1. The molecule has 0 spiro atoms. The van der Waals surface area contributed by atoms with Gasteiger partial charge in [-0.25, -0.2) is 24.0 Å². The van der Waals surface area contributed by atoms with E-state index >= 15 is 0 Å². The predicted octanol–water partition coefficient (Wildman–Crippen LogP) is 0.461. The van der Waals surface area contributed by atoms with E-state index in [1.807, 2.05) is 6.92 Å². The predicted molar refractivity (Wildman–Crippen MR) is 75.4 cm³/mol. The van der Waals surface area contributed by atoms with Gasteiger partial charge in [0, 0.05) is 31.5 Å². The lowest BCUT2D eigenvalue weighted by Crippen LogP contribution is -2.40. The zero-order chi connectivity index (χ0) is 14.6. The van der Waals surface area contributed by atoms with Gasteiger partial charge in [0.15, 0.2) is 0 Å². The average Bonchev–Trinajstić information content (AvgIpc) is 2.48. The zero-order valence-electron chi connectivity index (χ0n) is 11.4. The highest BCUT2D eigenvalue weighted by molar-refractivity contribution is 7.89. The number of pyridine rings is 1. The van der Waals surface area contributed by atoms with Crippen molar-refractivity contribution in [1.82, 2.24) is 9.71 Å². The van der Waals surface area contributed by atoms with Crippen molar-refractivity contribution in [3.63, 3.8) is 0 Å². The summed E-state index contributed by atoms with van der Waals surface area (Å²) in [6.45, 7) is 3.26. The molecule has 2 rings (SSSR count). The topological polar surface area (TPSA) is 106 Å². The highest BCUT2D eigenvalue weighted by Gasteiger charge is 2.25. The van der Waals surface area contributed by atoms with Gasteiger partial charge >= 0.3 is 0 Å². The first-order valence-corrected chi connectivity index (χ1v) is 8.04. The minimum Gasteiger partial charge on any atom is -0.381 e. The lowest BCUT2D eigenvalue weighted by atomic mass is 9.94. The molecule has 1 aliphatic rings. The normalized spacial score (nSPS) is 18.7. The van der Waals surface area contributed by atoms with Crippen LogP contribution in [0.5, 0.6) is 0 Å². The number of sulfonamides is 1. The summed E-state index contributed by atoms with van der Waals surface area (Å²) in [5, 5.41) is 0. The molecule has 0 aromatic carbocycles. The van der Waals surface area contributed by atoms with Crippen LogP contribution in [0.2, 0.25) is 0 Å². The van der Waals surface area contributed by atoms with Gasteiger partial charge in [0.1, 0.15) is 5.82 Å². The molecule has 0 aliphatic carbocycles. The molecular formula is C12H20N4O3S. The molecule has 0 saturated carbocycles. The number of aromatic nitrogens is 1. The van der Waals surface area contributed by atoms with Crippen LogP contribution in [-0.4, -0.2) is 32.7 Å². The number of nitrogens with zero attached hydrogens (tertiary/aromatic N) is 1. The van der Waals surface area contributed by atoms with E-state index in [-0.39, 0.29) is 10.9 Å². The largest absolute Gasteiger partial charge is 0.381 e. The van der Waals surface area contributed by atoms with E-state index in [9.17, 15) is 8.42 Å². The Morgan fingerprint density at radius 2 is 2.15 bits per heavy atom. The molecule has 0 amide bonds. The molecule has 7 nitrogen and oxygen atoms in total. The van der Waals surface area contributed by atoms with Crippen LogP contribution in [0.1, 0.15) is 19.8 Å². The van der Waals surface area contributed by atoms with E-state index in [0.29, 0.717) is 24.9 Å². The van der Waals surface area contributed by atoms with Crippen molar-refractivity contribution in [3.8, 4) is 0 Å². The van der Waals surface area contributed by atoms with Gasteiger partial charge in [0.2, 0.25) is 10.0 Å². The van der Waals surface area contributed by atoms with E-state index in [1.54, 1.807) is 0 Å². The summed E-state index contributed by atoms with van der Waals surface area (Å²) in [5.74, 6) is 5.85. The Labute approximate surface area is 118 Å². The molecule has 1 unspecified atom stereocenters. The molecule has 1 aromatic rings. The van der Waals surface area contributed by atoms with Gasteiger partial charge < -0.3 is 10.2 Å². The van der Waals surface area contributed by atoms with Crippen molar-refractivity contribution in [2.75, 3.05) is 18.6 Å². The molecule has 4 N–H and O–H groups in total. The SMILES string of the molecule is CC(NS(=O)(=O)c1ccnc(NN)c1)C1CCOCC1. The van der Waals surface area contributed by atoms with E-state index in [4.69, 9.17) is 10.6 Å². The number of hydrogen-bond donors (Lipinski definition) is 3. The minimum absolute atomic E-state index is 0.133. The van der Waals surface area contributed by atoms with Crippen molar-refractivity contribution >= 4 is 15.8 Å². The molecule has 2 heterocycles. The first-order chi connectivity index (χ1) is 9.53. The standard InChI is InChI=1S/C12H20N4O3S/c1-9(10-3-6-19-7-4-10)16-20(17,18)11-2-5-14-12(8-11)15-13/h2,5,8-10,16H,3-4,6-7,13H2,1H3,(H,14,15). The molecule has 20 heavy (non-hydrogen) atoms. The number of nitrogens with one attached hydrogen (secondary N) is 2. The van der Waals surface area contributed by atoms with Crippen LogP contribution in [-0.2, 0) is 14.8 Å². The molecule has 1 aliphatic heterocycles. The summed E-state index contributed by atoms with van der Waals surface area (Å²) in [7, 11) is -3.57. The Morgan fingerprint density at radius 3 is 2.80 bits per heavy atom. The van der Waals surface area contributed by atoms with Gasteiger partial charge in [-0.1, -0.05) is 0 Å². The monoisotopic (exact) mass is 300 g/mol. The Morgan fingerprint density at radius 1 is 1.45 bits per heavy atom. The fourth-order valence-corrected chi connectivity index (χ4v) is 3.61. The van der Waals surface area contributed by atoms with E-state index in [2.05, 4.69) is 15.1 Å². The minimum atomic E-state index is -3.57. The molecule has 0 radical (unpaired) electrons. The van der Waals surface area contributed by atoms with Crippen LogP contribution in [0.3, 0.4) is 0 Å². The van der Waals surface area contributed by atoms with Gasteiger partial charge in [-0.2, -0.15) is 0 Å². The summed E-state index contributed by atoms with van der Waals surface area (Å²) in [6.07, 6.45) is 3.15. The summed E-state index contributed by atoms with van der Waals surface area (Å²) >= 11 is 0. The second-order valence-electron chi connectivity index (χ2n) is 4.88. The first kappa shape index (κ1) is 15.2. The lowest BCUT2D eigenvalue weighted by molar-refractivity contribution is 0.0585. The Hall–Kier alpha value is -1.22. The highest BCUT2D eigenvalue weighted by atomic mass is 32.2. The van der Waals surface area contributed by atoms with Gasteiger partial charge in [0.05, 0.1) is 4.90 Å². The summed E-state index contributed by atoms with van der Waals surface area (Å²) in [4.78, 5) is 4.05. The summed E-state index contributed by atoms with van der Waals surface area (Å²) in [6, 6.07) is 2.71. The zero-order valence-corrected chi connectivity index (χ0v) is 12.2. The fraction of sp³-hybridized carbons (Fsp3) is 0.583. The van der Waals surface area contributed by atoms with Gasteiger partial charge in [0.25, 0.3) is 0 Å². The average molecular weight is 300 g/mol. The smallest absolute Gasteiger partial charge is 0.241 e. The number of anilines is 1. The number of nitrogen functional groups attached to an aromatic ring is 1. The molecule has 1 fully saturated rings. The Bertz CT molecular complexity index is 543. The van der Waals surface area contributed by atoms with Gasteiger partial charge in [-0.05, 0) is 31.7 Å². The van der Waals surface area contributed by atoms with Crippen LogP contribution in [0, 0.1) is 5.92 Å². The summed E-state index contributed by atoms with van der Waals surface area (Å²) in [5.41, 5.74) is 2.34. The lowest BCUT2D eigenvalue weighted by Gasteiger charge is -2.28. The van der Waals surface area contributed by atoms with Crippen molar-refractivity contribution in [2.45, 2.75) is 30.7 Å². The first-order valence-electron chi connectivity index (χ1n) is 6.55. The number of ether oxygens (including phenoxy) is 1. The molecule has 1 aromatic heterocycles. The maximum Gasteiger partial charge on any atom is 0.241 e. The number of rotatable bonds is 5. The van der Waals surface area contributed by atoms with Crippen LogP contribution >= 0.6 is 0 Å². The third kappa shape index (κ3) is 3.66. The van der Waals surface area contributed by atoms with Gasteiger partial charge in [-0.15, -0.1) is 0 Å². The van der Waals surface area contributed by atoms with Crippen LogP contribution in [0.4, 0.5) is 5.82 Å². The van der Waals surface area contributed by atoms with Crippen molar-refractivity contribution in [2.24, 2.45) is 11.8 Å². The van der Waals surface area contributed by atoms with Crippen molar-refractivity contribution in [3.05, 3.63) is 18.3 Å². The Balaban J connectivity index is 2.09. The third-order valence-corrected chi connectivity index (χ3v) is 5.06. The summed E-state index contributed by atoms with van der Waals surface area (Å²) < 4.78 is 32.6. The molecule has 0 bridgehead atoms. The van der Waals surface area contributed by atoms with E-state index < -0.39 is 10.0 Å². The number of hydrogen-bond acceptors (Lipinski definition) is 6. The highest BCUT2D eigenvalue weighted by Crippen LogP contribution is 2.20. The molecule has 1 saturated heterocycles. The molecule has 8 heteroatoms. The maximum absolute atomic E-state index is 12.3. The second kappa shape index (κ2) is 6.49. The van der Waals surface area contributed by atoms with E-state index in [1.165, 1.54) is 18.3 Å². The van der Waals surface area contributed by atoms with Crippen LogP contribution in [0.15, 0.2) is 23.2 Å². The molecule has 112 valence electrons. The number of hydrazine groups is 1. The Kier molecular flexibility index (Phi) is 4.92. The quantitative estimate of drug-likeness (QED) is 0.539. The molecular weight excluding hydrogens is 280 g/mol. The van der Waals surface area contributed by atoms with Gasteiger partial charge in [-0.3, -0.25) is 0 Å². The maximum atomic E-state index is 12.3. The fourth-order valence-electron chi connectivity index (χ4n) is 2.28. The van der Waals surface area contributed by atoms with E-state index in [0.717, 1.165) is 12.8 Å². The van der Waals surface area contributed by atoms with Crippen LogP contribution in [0.25, 0.3) is 0 Å². The van der Waals surface area contributed by atoms with Crippen molar-refractivity contribution < 1.29 is 13.2 Å². The molecule has 1 atom stereocenters. The third-order valence-electron chi connectivity index (χ3n) is 3.50. The van der Waals surface area contributed by atoms with Crippen molar-refractivity contribution in [1.29, 1.82) is 0 Å². The van der Waals surface area contributed by atoms with Crippen LogP contribution < -0.4 is 16.0 Å².